The normalized spacial score (nSPS) is 11.1. The third kappa shape index (κ3) is 6.95. The molecule has 3 rings (SSSR count). The van der Waals surface area contributed by atoms with Gasteiger partial charge in [-0.05, 0) is 87.2 Å². The average molecular weight is 459 g/mol. The molecule has 3 aromatic carbocycles. The molecule has 0 bridgehead atoms. The second kappa shape index (κ2) is 11.0. The Morgan fingerprint density at radius 1 is 0.824 bits per heavy atom. The molecule has 34 heavy (non-hydrogen) atoms. The lowest BCUT2D eigenvalue weighted by Gasteiger charge is -2.24. The van der Waals surface area contributed by atoms with E-state index in [9.17, 15) is 9.59 Å². The van der Waals surface area contributed by atoms with E-state index in [2.05, 4.69) is 22.8 Å². The van der Waals surface area contributed by atoms with Gasteiger partial charge in [0, 0.05) is 22.4 Å². The summed E-state index contributed by atoms with van der Waals surface area (Å²) in [6, 6.07) is 20.8. The van der Waals surface area contributed by atoms with Crippen LogP contribution in [0.2, 0.25) is 0 Å². The lowest BCUT2D eigenvalue weighted by Crippen LogP contribution is -2.31. The minimum absolute atomic E-state index is 0.0456. The first kappa shape index (κ1) is 25.0. The molecule has 0 saturated heterocycles. The van der Waals surface area contributed by atoms with Crippen molar-refractivity contribution in [3.05, 3.63) is 89.0 Å². The first-order valence-corrected chi connectivity index (χ1v) is 11.6. The molecule has 0 unspecified atom stereocenters. The lowest BCUT2D eigenvalue weighted by molar-refractivity contribution is -0.124. The zero-order chi connectivity index (χ0) is 24.7. The highest BCUT2D eigenvalue weighted by Crippen LogP contribution is 2.26. The van der Waals surface area contributed by atoms with Crippen molar-refractivity contribution < 1.29 is 14.3 Å². The van der Waals surface area contributed by atoms with Crippen LogP contribution in [0.15, 0.2) is 66.7 Å². The molecule has 5 nitrogen and oxygen atoms in total. The molecule has 0 heterocycles. The smallest absolute Gasteiger partial charge is 0.255 e. The number of amides is 2. The molecular weight excluding hydrogens is 424 g/mol. The van der Waals surface area contributed by atoms with E-state index in [1.54, 1.807) is 30.3 Å². The maximum absolute atomic E-state index is 12.9. The summed E-state index contributed by atoms with van der Waals surface area (Å²) in [5.41, 5.74) is 4.75. The van der Waals surface area contributed by atoms with Gasteiger partial charge in [-0.2, -0.15) is 0 Å². The topological polar surface area (TPSA) is 67.4 Å². The summed E-state index contributed by atoms with van der Waals surface area (Å²) < 4.78 is 5.93. The molecule has 0 radical (unpaired) electrons. The van der Waals surface area contributed by atoms with Crippen molar-refractivity contribution in [2.75, 3.05) is 17.2 Å². The molecule has 0 spiro atoms. The zero-order valence-corrected chi connectivity index (χ0v) is 20.7. The van der Waals surface area contributed by atoms with Gasteiger partial charge in [0.15, 0.2) is 0 Å². The molecule has 5 heteroatoms. The summed E-state index contributed by atoms with van der Waals surface area (Å²) in [5, 5.41) is 5.87. The van der Waals surface area contributed by atoms with Crippen LogP contribution in [0.4, 0.5) is 11.4 Å². The molecule has 0 atom stereocenters. The Hall–Kier alpha value is -3.60. The average Bonchev–Trinajstić information content (AvgIpc) is 2.80. The van der Waals surface area contributed by atoms with E-state index in [1.165, 1.54) is 5.56 Å². The minimum atomic E-state index is -0.539. The van der Waals surface area contributed by atoms with Crippen LogP contribution >= 0.6 is 0 Å². The monoisotopic (exact) mass is 458 g/mol. The SMILES string of the molecule is Cc1cccc(C(=O)Nc2ccc(NC(=O)C(C)(C)CCCOc3cc(C)ccc3C)cc2)c1. The van der Waals surface area contributed by atoms with Crippen molar-refractivity contribution in [2.45, 2.75) is 47.5 Å². The fraction of sp³-hybridized carbons (Fsp3) is 0.310. The summed E-state index contributed by atoms with van der Waals surface area (Å²) in [4.78, 5) is 25.3. The largest absolute Gasteiger partial charge is 0.493 e. The number of carbonyl (C=O) groups excluding carboxylic acids is 2. The number of ether oxygens (including phenoxy) is 1. The summed E-state index contributed by atoms with van der Waals surface area (Å²) in [6.45, 7) is 10.5. The van der Waals surface area contributed by atoms with Gasteiger partial charge in [0.25, 0.3) is 5.91 Å². The molecule has 2 amide bonds. The van der Waals surface area contributed by atoms with E-state index in [1.807, 2.05) is 58.9 Å². The number of hydrogen-bond acceptors (Lipinski definition) is 3. The molecule has 0 fully saturated rings. The third-order valence-corrected chi connectivity index (χ3v) is 5.84. The Morgan fingerprint density at radius 2 is 1.47 bits per heavy atom. The molecule has 0 saturated carbocycles. The van der Waals surface area contributed by atoms with E-state index in [4.69, 9.17) is 4.74 Å². The number of aryl methyl sites for hydroxylation is 3. The van der Waals surface area contributed by atoms with E-state index < -0.39 is 5.41 Å². The predicted molar refractivity (Wildman–Crippen MR) is 139 cm³/mol. The van der Waals surface area contributed by atoms with Crippen molar-refractivity contribution in [3.8, 4) is 5.75 Å². The Balaban J connectivity index is 1.48. The van der Waals surface area contributed by atoms with Gasteiger partial charge in [-0.25, -0.2) is 0 Å². The first-order valence-electron chi connectivity index (χ1n) is 11.6. The van der Waals surface area contributed by atoms with Crippen LogP contribution in [0.5, 0.6) is 5.75 Å². The molecule has 0 aliphatic carbocycles. The van der Waals surface area contributed by atoms with Gasteiger partial charge in [-0.3, -0.25) is 9.59 Å². The molecule has 0 aromatic heterocycles. The number of benzene rings is 3. The minimum Gasteiger partial charge on any atom is -0.493 e. The highest BCUT2D eigenvalue weighted by atomic mass is 16.5. The van der Waals surface area contributed by atoms with Crippen molar-refractivity contribution in [2.24, 2.45) is 5.41 Å². The quantitative estimate of drug-likeness (QED) is 0.351. The number of carbonyl (C=O) groups is 2. The van der Waals surface area contributed by atoms with Crippen LogP contribution in [0, 0.1) is 26.2 Å². The van der Waals surface area contributed by atoms with Crippen LogP contribution in [0.1, 0.15) is 53.7 Å². The van der Waals surface area contributed by atoms with Gasteiger partial charge in [-0.1, -0.05) is 43.7 Å². The van der Waals surface area contributed by atoms with Crippen LogP contribution < -0.4 is 15.4 Å². The van der Waals surface area contributed by atoms with E-state index in [0.717, 1.165) is 23.3 Å². The maximum atomic E-state index is 12.9. The third-order valence-electron chi connectivity index (χ3n) is 5.84. The summed E-state index contributed by atoms with van der Waals surface area (Å²) in [6.07, 6.45) is 1.48. The van der Waals surface area contributed by atoms with Gasteiger partial charge in [0.1, 0.15) is 5.75 Å². The van der Waals surface area contributed by atoms with Crippen LogP contribution in [0.25, 0.3) is 0 Å². The molecule has 178 valence electrons. The highest BCUT2D eigenvalue weighted by molar-refractivity contribution is 6.04. The number of rotatable bonds is 9. The highest BCUT2D eigenvalue weighted by Gasteiger charge is 2.27. The number of hydrogen-bond donors (Lipinski definition) is 2. The van der Waals surface area contributed by atoms with Gasteiger partial charge < -0.3 is 15.4 Å². The summed E-state index contributed by atoms with van der Waals surface area (Å²) in [5.74, 6) is 0.692. The summed E-state index contributed by atoms with van der Waals surface area (Å²) >= 11 is 0. The zero-order valence-electron chi connectivity index (χ0n) is 20.7. The standard InChI is InChI=1S/C29H34N2O3/c1-20-8-6-9-23(18-20)27(32)30-24-12-14-25(15-13-24)31-28(33)29(4,5)16-7-17-34-26-19-21(2)10-11-22(26)3/h6,8-15,18-19H,7,16-17H2,1-5H3,(H,30,32)(H,31,33). The number of nitrogens with one attached hydrogen (secondary N) is 2. The van der Waals surface area contributed by atoms with Crippen molar-refractivity contribution in [1.82, 2.24) is 0 Å². The molecule has 0 aliphatic heterocycles. The molecule has 0 aliphatic rings. The fourth-order valence-electron chi connectivity index (χ4n) is 3.60. The fourth-order valence-corrected chi connectivity index (χ4v) is 3.60. The van der Waals surface area contributed by atoms with Gasteiger partial charge in [-0.15, -0.1) is 0 Å². The Kier molecular flexibility index (Phi) is 8.11. The van der Waals surface area contributed by atoms with Crippen molar-refractivity contribution >= 4 is 23.2 Å². The Morgan fingerprint density at radius 3 is 2.15 bits per heavy atom. The van der Waals surface area contributed by atoms with E-state index in [0.29, 0.717) is 30.0 Å². The van der Waals surface area contributed by atoms with E-state index >= 15 is 0 Å². The van der Waals surface area contributed by atoms with Gasteiger partial charge in [0.2, 0.25) is 5.91 Å². The Labute approximate surface area is 202 Å². The first-order chi connectivity index (χ1) is 16.1. The Bertz CT molecular complexity index is 1150. The van der Waals surface area contributed by atoms with Gasteiger partial charge in [0.05, 0.1) is 6.61 Å². The predicted octanol–water partition coefficient (Wildman–Crippen LogP) is 6.69. The van der Waals surface area contributed by atoms with E-state index in [-0.39, 0.29) is 11.8 Å². The van der Waals surface area contributed by atoms with Crippen molar-refractivity contribution in [3.63, 3.8) is 0 Å². The lowest BCUT2D eigenvalue weighted by atomic mass is 9.87. The molecular formula is C29H34N2O3. The molecule has 2 N–H and O–H groups in total. The number of anilines is 2. The van der Waals surface area contributed by atoms with Gasteiger partial charge >= 0.3 is 0 Å². The maximum Gasteiger partial charge on any atom is 0.255 e. The van der Waals surface area contributed by atoms with Crippen LogP contribution in [-0.4, -0.2) is 18.4 Å². The molecule has 3 aromatic rings. The van der Waals surface area contributed by atoms with Crippen LogP contribution in [-0.2, 0) is 4.79 Å². The van der Waals surface area contributed by atoms with Crippen LogP contribution in [0.3, 0.4) is 0 Å². The summed E-state index contributed by atoms with van der Waals surface area (Å²) in [7, 11) is 0. The second-order valence-corrected chi connectivity index (χ2v) is 9.46. The van der Waals surface area contributed by atoms with Crippen molar-refractivity contribution in [1.29, 1.82) is 0 Å². The second-order valence-electron chi connectivity index (χ2n) is 9.46.